The minimum Gasteiger partial charge on any atom is -0.456 e. The summed E-state index contributed by atoms with van der Waals surface area (Å²) in [6.07, 6.45) is 1.82. The van der Waals surface area contributed by atoms with Crippen LogP contribution in [-0.4, -0.2) is 45.6 Å². The van der Waals surface area contributed by atoms with Gasteiger partial charge in [-0.3, -0.25) is 0 Å². The molecule has 4 aromatic rings. The van der Waals surface area contributed by atoms with Crippen LogP contribution in [0.2, 0.25) is 25.7 Å². The van der Waals surface area contributed by atoms with Crippen LogP contribution in [0.25, 0.3) is 33.4 Å². The molecule has 0 atom stereocenters. The minimum atomic E-state index is -1.24. The van der Waals surface area contributed by atoms with Crippen LogP contribution in [0.4, 0.5) is 4.39 Å². The third-order valence-electron chi connectivity index (χ3n) is 6.71. The van der Waals surface area contributed by atoms with Gasteiger partial charge in [-0.05, 0) is 81.6 Å². The summed E-state index contributed by atoms with van der Waals surface area (Å²) in [5, 5.41) is 5.86. The zero-order valence-corrected chi connectivity index (χ0v) is 25.5. The van der Waals surface area contributed by atoms with Gasteiger partial charge < -0.3 is 14.0 Å². The third kappa shape index (κ3) is 6.47. The highest BCUT2D eigenvalue weighted by atomic mass is 28.3. The van der Waals surface area contributed by atoms with E-state index in [1.807, 2.05) is 47.6 Å². The largest absolute Gasteiger partial charge is 0.456 e. The molecule has 0 bridgehead atoms. The van der Waals surface area contributed by atoms with Gasteiger partial charge in [-0.25, -0.2) is 18.9 Å². The molecular formula is C30H39FN4O3Si. The first-order valence-electron chi connectivity index (χ1n) is 13.3. The molecule has 0 unspecified atom stereocenters. The molecule has 0 saturated carbocycles. The quantitative estimate of drug-likeness (QED) is 0.133. The van der Waals surface area contributed by atoms with Gasteiger partial charge in [-0.15, -0.1) is 0 Å². The topological polar surface area (TPSA) is 71.2 Å². The van der Waals surface area contributed by atoms with Crippen molar-refractivity contribution < 1.29 is 18.7 Å². The van der Waals surface area contributed by atoms with E-state index in [0.29, 0.717) is 24.5 Å². The lowest BCUT2D eigenvalue weighted by molar-refractivity contribution is 0.00690. The summed E-state index contributed by atoms with van der Waals surface area (Å²) in [4.78, 5) is 17.2. The van der Waals surface area contributed by atoms with Crippen LogP contribution in [0.1, 0.15) is 42.5 Å². The number of rotatable bonds is 8. The summed E-state index contributed by atoms with van der Waals surface area (Å²) in [5.41, 5.74) is 3.93. The summed E-state index contributed by atoms with van der Waals surface area (Å²) in [6.45, 7) is 17.0. The van der Waals surface area contributed by atoms with Crippen LogP contribution < -0.4 is 0 Å². The Kier molecular flexibility index (Phi) is 7.87. The number of hydrogen-bond acceptors (Lipinski definition) is 5. The molecule has 0 amide bonds. The lowest BCUT2D eigenvalue weighted by Gasteiger charge is -2.20. The average Bonchev–Trinajstić information content (AvgIpc) is 3.35. The number of hydrogen-bond donors (Lipinski definition) is 0. The van der Waals surface area contributed by atoms with Gasteiger partial charge in [0.1, 0.15) is 29.7 Å². The number of aromatic nitrogens is 4. The Morgan fingerprint density at radius 2 is 1.82 bits per heavy atom. The van der Waals surface area contributed by atoms with E-state index < -0.39 is 25.5 Å². The van der Waals surface area contributed by atoms with Crippen LogP contribution >= 0.6 is 0 Å². The predicted octanol–water partition coefficient (Wildman–Crippen LogP) is 7.13. The minimum absolute atomic E-state index is 0.178. The van der Waals surface area contributed by atoms with Crippen molar-refractivity contribution >= 4 is 24.9 Å². The smallest absolute Gasteiger partial charge is 0.338 e. The number of nitrogens with zero attached hydrogens (tertiary/aromatic N) is 4. The number of halogens is 1. The van der Waals surface area contributed by atoms with E-state index in [4.69, 9.17) is 14.6 Å². The zero-order chi connectivity index (χ0) is 28.7. The van der Waals surface area contributed by atoms with Crippen molar-refractivity contribution in [1.29, 1.82) is 0 Å². The van der Waals surface area contributed by atoms with E-state index in [0.717, 1.165) is 39.7 Å². The fourth-order valence-electron chi connectivity index (χ4n) is 4.31. The lowest BCUT2D eigenvalue weighted by atomic mass is 9.96. The van der Waals surface area contributed by atoms with Gasteiger partial charge in [0.05, 0.1) is 23.0 Å². The molecule has 0 radical (unpaired) electrons. The zero-order valence-electron chi connectivity index (χ0n) is 24.5. The van der Waals surface area contributed by atoms with Crippen molar-refractivity contribution in [2.45, 2.75) is 72.6 Å². The third-order valence-corrected chi connectivity index (χ3v) is 8.42. The van der Waals surface area contributed by atoms with Gasteiger partial charge >= 0.3 is 5.97 Å². The van der Waals surface area contributed by atoms with Gasteiger partial charge in [0.2, 0.25) is 0 Å². The molecule has 0 fully saturated rings. The van der Waals surface area contributed by atoms with Crippen molar-refractivity contribution in [3.05, 3.63) is 59.3 Å². The summed E-state index contributed by atoms with van der Waals surface area (Å²) in [7, 11) is 0.732. The molecule has 0 aliphatic rings. The van der Waals surface area contributed by atoms with Crippen molar-refractivity contribution in [3.63, 3.8) is 0 Å². The van der Waals surface area contributed by atoms with E-state index in [-0.39, 0.29) is 5.56 Å². The summed E-state index contributed by atoms with van der Waals surface area (Å²) in [5.74, 6) is -0.123. The van der Waals surface area contributed by atoms with E-state index >= 15 is 4.39 Å². The van der Waals surface area contributed by atoms with Crippen LogP contribution in [-0.2, 0) is 23.3 Å². The second-order valence-electron chi connectivity index (χ2n) is 12.3. The maximum Gasteiger partial charge on any atom is 0.338 e. The average molecular weight is 551 g/mol. The van der Waals surface area contributed by atoms with Crippen LogP contribution in [0.15, 0.2) is 36.5 Å². The number of esters is 1. The molecule has 4 rings (SSSR count). The highest BCUT2D eigenvalue weighted by Crippen LogP contribution is 2.34. The van der Waals surface area contributed by atoms with Gasteiger partial charge in [-0.1, -0.05) is 25.7 Å². The Balaban J connectivity index is 1.80. The van der Waals surface area contributed by atoms with Crippen molar-refractivity contribution in [3.8, 4) is 22.5 Å². The maximum absolute atomic E-state index is 15.0. The number of carbonyl (C=O) groups is 1. The number of ether oxygens (including phenoxy) is 2. The maximum atomic E-state index is 15.0. The van der Waals surface area contributed by atoms with E-state index in [1.54, 1.807) is 33.8 Å². The van der Waals surface area contributed by atoms with Crippen LogP contribution in [0, 0.1) is 19.7 Å². The van der Waals surface area contributed by atoms with Gasteiger partial charge in [-0.2, -0.15) is 5.10 Å². The summed E-state index contributed by atoms with van der Waals surface area (Å²) < 4.78 is 30.5. The molecule has 7 nitrogen and oxygen atoms in total. The summed E-state index contributed by atoms with van der Waals surface area (Å²) in [6, 6.07) is 9.91. The molecule has 2 heterocycles. The number of imidazole rings is 1. The Morgan fingerprint density at radius 3 is 2.44 bits per heavy atom. The Bertz CT molecular complexity index is 1530. The normalized spacial score (nSPS) is 12.4. The second-order valence-corrected chi connectivity index (χ2v) is 17.9. The standard InChI is InChI=1S/C30H39FN4O3Si/c1-19-24(14-22(15-25(19)31)29(36)38-30(3,4)5)21-10-11-23-26(16-21)35(18-37-12-13-39(7,8)9)33-28(23)27-17-32-20(2)34(27)6/h10-11,14-17H,12-13,18H2,1-9H3. The monoisotopic (exact) mass is 550 g/mol. The second kappa shape index (κ2) is 10.7. The molecule has 0 spiro atoms. The summed E-state index contributed by atoms with van der Waals surface area (Å²) >= 11 is 0. The molecule has 208 valence electrons. The first kappa shape index (κ1) is 28.7. The molecular weight excluding hydrogens is 511 g/mol. The molecule has 2 aromatic heterocycles. The molecule has 0 aliphatic heterocycles. The SMILES string of the molecule is Cc1c(F)cc(C(=O)OC(C)(C)C)cc1-c1ccc2c(-c3cnc(C)n3C)nn(COCC[Si](C)(C)C)c2c1. The van der Waals surface area contributed by atoms with Crippen molar-refractivity contribution in [1.82, 2.24) is 19.3 Å². The first-order valence-corrected chi connectivity index (χ1v) is 17.0. The molecule has 0 saturated heterocycles. The highest BCUT2D eigenvalue weighted by molar-refractivity contribution is 6.76. The van der Waals surface area contributed by atoms with Gasteiger partial charge in [0.25, 0.3) is 0 Å². The fraction of sp³-hybridized carbons (Fsp3) is 0.433. The van der Waals surface area contributed by atoms with Gasteiger partial charge in [0, 0.05) is 27.1 Å². The number of aryl methyl sites for hydroxylation is 1. The fourth-order valence-corrected chi connectivity index (χ4v) is 5.07. The number of benzene rings is 2. The highest BCUT2D eigenvalue weighted by Gasteiger charge is 2.22. The van der Waals surface area contributed by atoms with Crippen molar-refractivity contribution in [2.24, 2.45) is 7.05 Å². The number of fused-ring (bicyclic) bond motifs is 1. The van der Waals surface area contributed by atoms with Gasteiger partial charge in [0.15, 0.2) is 0 Å². The van der Waals surface area contributed by atoms with E-state index in [2.05, 4.69) is 24.6 Å². The Hall–Kier alpha value is -3.30. The molecule has 0 N–H and O–H groups in total. The molecule has 0 aliphatic carbocycles. The van der Waals surface area contributed by atoms with Crippen LogP contribution in [0.5, 0.6) is 0 Å². The Labute approximate surface area is 231 Å². The Morgan fingerprint density at radius 1 is 1.10 bits per heavy atom. The molecule has 2 aromatic carbocycles. The predicted molar refractivity (Wildman–Crippen MR) is 156 cm³/mol. The van der Waals surface area contributed by atoms with Crippen LogP contribution in [0.3, 0.4) is 0 Å². The first-order chi connectivity index (χ1) is 18.1. The molecule has 9 heteroatoms. The number of carbonyl (C=O) groups excluding carboxylic acids is 1. The lowest BCUT2D eigenvalue weighted by Crippen LogP contribution is -2.24. The molecule has 39 heavy (non-hydrogen) atoms. The van der Waals surface area contributed by atoms with E-state index in [9.17, 15) is 4.79 Å². The van der Waals surface area contributed by atoms with Crippen molar-refractivity contribution in [2.75, 3.05) is 6.61 Å². The van der Waals surface area contributed by atoms with E-state index in [1.165, 1.54) is 6.07 Å².